The zero-order chi connectivity index (χ0) is 9.71. The Labute approximate surface area is 88.8 Å². The summed E-state index contributed by atoms with van der Waals surface area (Å²) in [5.74, 6) is 0.971. The number of thioether (sulfide) groups is 1. The number of aryl methyl sites for hydroxylation is 1. The van der Waals surface area contributed by atoms with Crippen molar-refractivity contribution in [2.45, 2.75) is 18.6 Å². The lowest BCUT2D eigenvalue weighted by Gasteiger charge is -1.99. The molecule has 72 valence electrons. The second-order valence-electron chi connectivity index (χ2n) is 3.27. The van der Waals surface area contributed by atoms with E-state index in [2.05, 4.69) is 4.98 Å². The van der Waals surface area contributed by atoms with Crippen molar-refractivity contribution < 1.29 is 0 Å². The topological polar surface area (TPSA) is 34.9 Å². The zero-order valence-electron chi connectivity index (χ0n) is 7.61. The largest absolute Gasteiger partial charge is 0.286 e. The molecule has 0 saturated carbocycles. The molecular weight excluding hydrogens is 216 g/mol. The number of rotatable bonds is 0. The molecule has 0 bridgehead atoms. The predicted molar refractivity (Wildman–Crippen MR) is 59.3 cm³/mol. The highest BCUT2D eigenvalue weighted by molar-refractivity contribution is 7.99. The Hall–Kier alpha value is -0.810. The molecule has 3 heterocycles. The van der Waals surface area contributed by atoms with E-state index in [9.17, 15) is 4.79 Å². The van der Waals surface area contributed by atoms with Gasteiger partial charge >= 0.3 is 0 Å². The first-order chi connectivity index (χ1) is 6.75. The summed E-state index contributed by atoms with van der Waals surface area (Å²) in [5.41, 5.74) is 0.992. The molecule has 2 aromatic heterocycles. The molecule has 0 atom stereocenters. The number of fused-ring (bicyclic) bond motifs is 2. The molecule has 0 unspecified atom stereocenters. The molecule has 3 nitrogen and oxygen atoms in total. The summed E-state index contributed by atoms with van der Waals surface area (Å²) >= 11 is 3.20. The first-order valence-corrected chi connectivity index (χ1v) is 6.20. The monoisotopic (exact) mass is 224 g/mol. The maximum atomic E-state index is 12.0. The molecule has 0 N–H and O–H groups in total. The lowest BCUT2D eigenvalue weighted by atomic mass is 10.4. The second-order valence-corrected chi connectivity index (χ2v) is 5.59. The van der Waals surface area contributed by atoms with Crippen LogP contribution in [0.5, 0.6) is 0 Å². The lowest BCUT2D eigenvalue weighted by Crippen LogP contribution is -2.19. The summed E-state index contributed by atoms with van der Waals surface area (Å²) in [6, 6.07) is 1.99. The van der Waals surface area contributed by atoms with Gasteiger partial charge < -0.3 is 0 Å². The van der Waals surface area contributed by atoms with Crippen LogP contribution in [0.15, 0.2) is 16.0 Å². The molecule has 1 aliphatic rings. The van der Waals surface area contributed by atoms with E-state index in [0.29, 0.717) is 0 Å². The molecule has 2 aromatic rings. The van der Waals surface area contributed by atoms with Crippen LogP contribution in [0.25, 0.3) is 10.2 Å². The summed E-state index contributed by atoms with van der Waals surface area (Å²) in [6.07, 6.45) is 0. The Morgan fingerprint density at radius 2 is 2.43 bits per heavy atom. The molecule has 14 heavy (non-hydrogen) atoms. The third-order valence-corrected chi connectivity index (χ3v) is 4.25. The van der Waals surface area contributed by atoms with E-state index in [0.717, 1.165) is 32.5 Å². The molecule has 1 aliphatic heterocycles. The number of nitrogens with zero attached hydrogens (tertiary/aromatic N) is 2. The highest BCUT2D eigenvalue weighted by Crippen LogP contribution is 2.26. The normalized spacial score (nSPS) is 14.9. The Kier molecular flexibility index (Phi) is 1.72. The molecule has 0 aromatic carbocycles. The molecule has 0 saturated heterocycles. The van der Waals surface area contributed by atoms with Crippen molar-refractivity contribution in [3.63, 3.8) is 0 Å². The van der Waals surface area contributed by atoms with Gasteiger partial charge in [-0.2, -0.15) is 0 Å². The quantitative estimate of drug-likeness (QED) is 0.641. The van der Waals surface area contributed by atoms with Crippen LogP contribution in [0.1, 0.15) is 4.88 Å². The number of hydrogen-bond acceptors (Lipinski definition) is 4. The SMILES string of the molecule is Cc1cc2nc3n(c(=O)c2s1)CCS3. The molecule has 0 aliphatic carbocycles. The number of thiophene rings is 1. The van der Waals surface area contributed by atoms with Crippen molar-refractivity contribution in [3.05, 3.63) is 21.3 Å². The smallest absolute Gasteiger partial charge is 0.272 e. The van der Waals surface area contributed by atoms with E-state index in [4.69, 9.17) is 0 Å². The van der Waals surface area contributed by atoms with Crippen LogP contribution >= 0.6 is 23.1 Å². The van der Waals surface area contributed by atoms with Crippen LogP contribution in [0.2, 0.25) is 0 Å². The van der Waals surface area contributed by atoms with Crippen LogP contribution in [-0.2, 0) is 6.54 Å². The van der Waals surface area contributed by atoms with E-state index < -0.39 is 0 Å². The van der Waals surface area contributed by atoms with Gasteiger partial charge in [-0.25, -0.2) is 4.98 Å². The highest BCUT2D eigenvalue weighted by Gasteiger charge is 2.17. The van der Waals surface area contributed by atoms with E-state index in [1.807, 2.05) is 13.0 Å². The molecule has 0 amide bonds. The summed E-state index contributed by atoms with van der Waals surface area (Å²) in [5, 5.41) is 0.875. The first kappa shape index (κ1) is 8.49. The Morgan fingerprint density at radius 3 is 3.29 bits per heavy atom. The average Bonchev–Trinajstić information content (AvgIpc) is 2.71. The third kappa shape index (κ3) is 1.05. The van der Waals surface area contributed by atoms with Crippen LogP contribution in [0, 0.1) is 6.92 Å². The van der Waals surface area contributed by atoms with Crippen molar-refractivity contribution in [2.75, 3.05) is 5.75 Å². The maximum absolute atomic E-state index is 12.0. The molecule has 0 radical (unpaired) electrons. The van der Waals surface area contributed by atoms with Crippen LogP contribution < -0.4 is 5.56 Å². The van der Waals surface area contributed by atoms with Gasteiger partial charge in [-0.3, -0.25) is 9.36 Å². The summed E-state index contributed by atoms with van der Waals surface area (Å²) < 4.78 is 2.58. The molecule has 0 fully saturated rings. The van der Waals surface area contributed by atoms with Gasteiger partial charge in [0, 0.05) is 17.2 Å². The lowest BCUT2D eigenvalue weighted by molar-refractivity contribution is 0.670. The van der Waals surface area contributed by atoms with Crippen molar-refractivity contribution >= 4 is 33.3 Å². The van der Waals surface area contributed by atoms with E-state index in [-0.39, 0.29) is 5.56 Å². The Balaban J connectivity index is 2.49. The average molecular weight is 224 g/mol. The minimum atomic E-state index is 0.133. The van der Waals surface area contributed by atoms with Gasteiger partial charge in [0.1, 0.15) is 4.70 Å². The fraction of sp³-hybridized carbons (Fsp3) is 0.333. The zero-order valence-corrected chi connectivity index (χ0v) is 9.24. The van der Waals surface area contributed by atoms with Gasteiger partial charge in [-0.05, 0) is 13.0 Å². The fourth-order valence-electron chi connectivity index (χ4n) is 1.65. The van der Waals surface area contributed by atoms with Gasteiger partial charge in [0.2, 0.25) is 0 Å². The van der Waals surface area contributed by atoms with E-state index >= 15 is 0 Å². The summed E-state index contributed by atoms with van der Waals surface area (Å²) in [7, 11) is 0. The summed E-state index contributed by atoms with van der Waals surface area (Å²) in [6.45, 7) is 2.81. The summed E-state index contributed by atoms with van der Waals surface area (Å²) in [4.78, 5) is 17.6. The second kappa shape index (κ2) is 2.84. The van der Waals surface area contributed by atoms with Gasteiger partial charge in [0.15, 0.2) is 5.16 Å². The molecular formula is C9H8N2OS2. The van der Waals surface area contributed by atoms with Crippen LogP contribution in [0.3, 0.4) is 0 Å². The van der Waals surface area contributed by atoms with Crippen LogP contribution in [0.4, 0.5) is 0 Å². The van der Waals surface area contributed by atoms with Crippen molar-refractivity contribution in [1.29, 1.82) is 0 Å². The predicted octanol–water partition coefficient (Wildman–Crippen LogP) is 1.87. The van der Waals surface area contributed by atoms with Crippen LogP contribution in [-0.4, -0.2) is 15.3 Å². The van der Waals surface area contributed by atoms with E-state index in [1.165, 1.54) is 11.3 Å². The van der Waals surface area contributed by atoms with Gasteiger partial charge in [-0.15, -0.1) is 11.3 Å². The third-order valence-electron chi connectivity index (χ3n) is 2.27. The Bertz CT molecular complexity index is 570. The first-order valence-electron chi connectivity index (χ1n) is 4.39. The standard InChI is InChI=1S/C9H8N2OS2/c1-5-4-6-7(14-5)8(12)11-2-3-13-9(11)10-6/h4H,2-3H2,1H3. The van der Waals surface area contributed by atoms with Crippen molar-refractivity contribution in [1.82, 2.24) is 9.55 Å². The van der Waals surface area contributed by atoms with Crippen molar-refractivity contribution in [3.8, 4) is 0 Å². The number of aromatic nitrogens is 2. The fourth-order valence-corrected chi connectivity index (χ4v) is 3.49. The molecule has 5 heteroatoms. The molecule has 0 spiro atoms. The van der Waals surface area contributed by atoms with Gasteiger partial charge in [0.25, 0.3) is 5.56 Å². The minimum absolute atomic E-state index is 0.133. The van der Waals surface area contributed by atoms with Gasteiger partial charge in [-0.1, -0.05) is 11.8 Å². The van der Waals surface area contributed by atoms with Gasteiger partial charge in [0.05, 0.1) is 5.52 Å². The molecule has 3 rings (SSSR count). The van der Waals surface area contributed by atoms with E-state index in [1.54, 1.807) is 16.3 Å². The maximum Gasteiger partial charge on any atom is 0.272 e. The number of hydrogen-bond donors (Lipinski definition) is 0. The highest BCUT2D eigenvalue weighted by atomic mass is 32.2. The van der Waals surface area contributed by atoms with Crippen molar-refractivity contribution in [2.24, 2.45) is 0 Å². The Morgan fingerprint density at radius 1 is 1.57 bits per heavy atom. The minimum Gasteiger partial charge on any atom is -0.286 e.